The molecule has 2 aromatic rings. The first kappa shape index (κ1) is 19.9. The smallest absolute Gasteiger partial charge is 0.228 e. The molecule has 0 atom stereocenters. The monoisotopic (exact) mass is 393 g/mol. The van der Waals surface area contributed by atoms with E-state index in [0.717, 1.165) is 64.3 Å². The number of piperidine rings is 1. The van der Waals surface area contributed by atoms with E-state index in [1.807, 2.05) is 18.3 Å². The number of benzene rings is 1. The Kier molecular flexibility index (Phi) is 6.42. The van der Waals surface area contributed by atoms with Crippen molar-refractivity contribution in [1.29, 1.82) is 0 Å². The van der Waals surface area contributed by atoms with Crippen LogP contribution in [0.1, 0.15) is 18.4 Å². The molecule has 1 N–H and O–H groups in total. The van der Waals surface area contributed by atoms with Crippen LogP contribution < -0.4 is 10.2 Å². The SMILES string of the molecule is CN1CCN(c2ccc(NC(=O)C3CCN(Cc4ccccc4)CC3)nc2)CC1. The third-order valence-electron chi connectivity index (χ3n) is 6.07. The minimum atomic E-state index is 0.0705. The third kappa shape index (κ3) is 5.34. The Morgan fingerprint density at radius 2 is 1.72 bits per heavy atom. The first-order valence-electron chi connectivity index (χ1n) is 10.6. The number of hydrogen-bond acceptors (Lipinski definition) is 5. The Bertz CT molecular complexity index is 779. The minimum Gasteiger partial charge on any atom is -0.368 e. The van der Waals surface area contributed by atoms with Crippen molar-refractivity contribution in [3.8, 4) is 0 Å². The van der Waals surface area contributed by atoms with E-state index in [2.05, 4.69) is 62.4 Å². The summed E-state index contributed by atoms with van der Waals surface area (Å²) in [7, 11) is 2.15. The van der Waals surface area contributed by atoms with Crippen molar-refractivity contribution in [2.75, 3.05) is 56.5 Å². The number of anilines is 2. The first-order chi connectivity index (χ1) is 14.2. The van der Waals surface area contributed by atoms with Gasteiger partial charge in [0.15, 0.2) is 0 Å². The maximum atomic E-state index is 12.7. The quantitative estimate of drug-likeness (QED) is 0.847. The van der Waals surface area contributed by atoms with Gasteiger partial charge in [-0.25, -0.2) is 4.98 Å². The summed E-state index contributed by atoms with van der Waals surface area (Å²) in [6.07, 6.45) is 3.68. The van der Waals surface area contributed by atoms with E-state index in [4.69, 9.17) is 0 Å². The van der Waals surface area contributed by atoms with Crippen LogP contribution in [0.25, 0.3) is 0 Å². The van der Waals surface area contributed by atoms with Gasteiger partial charge in [-0.05, 0) is 50.7 Å². The highest BCUT2D eigenvalue weighted by molar-refractivity contribution is 5.91. The molecule has 6 heteroatoms. The molecule has 0 saturated carbocycles. The van der Waals surface area contributed by atoms with Crippen molar-refractivity contribution in [2.24, 2.45) is 5.92 Å². The van der Waals surface area contributed by atoms with Gasteiger partial charge in [-0.2, -0.15) is 0 Å². The van der Waals surface area contributed by atoms with Gasteiger partial charge in [-0.1, -0.05) is 30.3 Å². The summed E-state index contributed by atoms with van der Waals surface area (Å²) < 4.78 is 0. The maximum absolute atomic E-state index is 12.7. The topological polar surface area (TPSA) is 51.7 Å². The summed E-state index contributed by atoms with van der Waals surface area (Å²) in [5, 5.41) is 3.02. The fraction of sp³-hybridized carbons (Fsp3) is 0.478. The van der Waals surface area contributed by atoms with Gasteiger partial charge >= 0.3 is 0 Å². The summed E-state index contributed by atoms with van der Waals surface area (Å²) in [5.74, 6) is 0.824. The molecule has 2 aliphatic rings. The number of pyridine rings is 1. The lowest BCUT2D eigenvalue weighted by Crippen LogP contribution is -2.44. The van der Waals surface area contributed by atoms with E-state index in [1.165, 1.54) is 5.56 Å². The van der Waals surface area contributed by atoms with Gasteiger partial charge in [-0.15, -0.1) is 0 Å². The molecule has 0 aliphatic carbocycles. The fourth-order valence-corrected chi connectivity index (χ4v) is 4.13. The summed E-state index contributed by atoms with van der Waals surface area (Å²) in [5.41, 5.74) is 2.46. The lowest BCUT2D eigenvalue weighted by Gasteiger charge is -2.33. The molecule has 1 aromatic carbocycles. The highest BCUT2D eigenvalue weighted by atomic mass is 16.1. The molecule has 0 unspecified atom stereocenters. The molecule has 3 heterocycles. The maximum Gasteiger partial charge on any atom is 0.228 e. The molecule has 2 saturated heterocycles. The molecule has 154 valence electrons. The van der Waals surface area contributed by atoms with Gasteiger partial charge in [0.05, 0.1) is 11.9 Å². The van der Waals surface area contributed by atoms with Crippen molar-refractivity contribution in [2.45, 2.75) is 19.4 Å². The van der Waals surface area contributed by atoms with E-state index < -0.39 is 0 Å². The van der Waals surface area contributed by atoms with Crippen LogP contribution in [0.15, 0.2) is 48.7 Å². The molecule has 1 amide bonds. The van der Waals surface area contributed by atoms with Crippen LogP contribution in [0.2, 0.25) is 0 Å². The number of nitrogens with one attached hydrogen (secondary N) is 1. The summed E-state index contributed by atoms with van der Waals surface area (Å²) in [6.45, 7) is 7.07. The Labute approximate surface area is 173 Å². The van der Waals surface area contributed by atoms with Gasteiger partial charge in [0.1, 0.15) is 5.82 Å². The van der Waals surface area contributed by atoms with Crippen LogP contribution in [0, 0.1) is 5.92 Å². The van der Waals surface area contributed by atoms with Crippen molar-refractivity contribution in [3.63, 3.8) is 0 Å². The number of likely N-dealkylation sites (N-methyl/N-ethyl adjacent to an activating group) is 1. The first-order valence-corrected chi connectivity index (χ1v) is 10.6. The van der Waals surface area contributed by atoms with E-state index in [1.54, 1.807) is 0 Å². The molecule has 2 fully saturated rings. The molecule has 2 aliphatic heterocycles. The van der Waals surface area contributed by atoms with E-state index in [-0.39, 0.29) is 11.8 Å². The number of piperazine rings is 1. The average molecular weight is 394 g/mol. The number of hydrogen-bond donors (Lipinski definition) is 1. The zero-order valence-electron chi connectivity index (χ0n) is 17.3. The van der Waals surface area contributed by atoms with Gasteiger partial charge < -0.3 is 15.1 Å². The largest absolute Gasteiger partial charge is 0.368 e. The van der Waals surface area contributed by atoms with Crippen LogP contribution in [0.5, 0.6) is 0 Å². The number of amides is 1. The normalized spacial score (nSPS) is 19.3. The number of rotatable bonds is 5. The predicted octanol–water partition coefficient (Wildman–Crippen LogP) is 2.68. The lowest BCUT2D eigenvalue weighted by atomic mass is 9.95. The van der Waals surface area contributed by atoms with Crippen LogP contribution in [-0.2, 0) is 11.3 Å². The summed E-state index contributed by atoms with van der Waals surface area (Å²) >= 11 is 0. The van der Waals surface area contributed by atoms with Crippen molar-refractivity contribution < 1.29 is 4.79 Å². The molecule has 1 aromatic heterocycles. The second-order valence-electron chi connectivity index (χ2n) is 8.22. The molecule has 6 nitrogen and oxygen atoms in total. The fourth-order valence-electron chi connectivity index (χ4n) is 4.13. The third-order valence-corrected chi connectivity index (χ3v) is 6.07. The van der Waals surface area contributed by atoms with Gasteiger partial charge in [0.25, 0.3) is 0 Å². The average Bonchev–Trinajstić information content (AvgIpc) is 2.76. The zero-order valence-corrected chi connectivity index (χ0v) is 17.3. The molecular weight excluding hydrogens is 362 g/mol. The van der Waals surface area contributed by atoms with Crippen LogP contribution in [0.3, 0.4) is 0 Å². The van der Waals surface area contributed by atoms with E-state index >= 15 is 0 Å². The second-order valence-corrected chi connectivity index (χ2v) is 8.22. The Hall–Kier alpha value is -2.44. The highest BCUT2D eigenvalue weighted by Gasteiger charge is 2.25. The van der Waals surface area contributed by atoms with Crippen molar-refractivity contribution in [1.82, 2.24) is 14.8 Å². The van der Waals surface area contributed by atoms with E-state index in [9.17, 15) is 4.79 Å². The van der Waals surface area contributed by atoms with Gasteiger partial charge in [-0.3, -0.25) is 9.69 Å². The number of likely N-dealkylation sites (tertiary alicyclic amines) is 1. The van der Waals surface area contributed by atoms with E-state index in [0.29, 0.717) is 5.82 Å². The van der Waals surface area contributed by atoms with Crippen LogP contribution in [0.4, 0.5) is 11.5 Å². The Balaban J connectivity index is 1.24. The number of carbonyl (C=O) groups excluding carboxylic acids is 1. The van der Waals surface area contributed by atoms with Crippen LogP contribution in [-0.4, -0.2) is 67.0 Å². The highest BCUT2D eigenvalue weighted by Crippen LogP contribution is 2.22. The predicted molar refractivity (Wildman–Crippen MR) is 117 cm³/mol. The molecule has 0 bridgehead atoms. The van der Waals surface area contributed by atoms with Crippen LogP contribution >= 0.6 is 0 Å². The van der Waals surface area contributed by atoms with Crippen molar-refractivity contribution >= 4 is 17.4 Å². The number of nitrogens with zero attached hydrogens (tertiary/aromatic N) is 4. The molecule has 4 rings (SSSR count). The molecule has 0 spiro atoms. The zero-order chi connectivity index (χ0) is 20.1. The number of aromatic nitrogens is 1. The Morgan fingerprint density at radius 1 is 1.00 bits per heavy atom. The molecular formula is C23H31N5O. The molecule has 29 heavy (non-hydrogen) atoms. The lowest BCUT2D eigenvalue weighted by molar-refractivity contribution is -0.121. The molecule has 0 radical (unpaired) electrons. The van der Waals surface area contributed by atoms with Gasteiger partial charge in [0.2, 0.25) is 5.91 Å². The van der Waals surface area contributed by atoms with Crippen molar-refractivity contribution in [3.05, 3.63) is 54.2 Å². The minimum absolute atomic E-state index is 0.0705. The summed E-state index contributed by atoms with van der Waals surface area (Å²) in [4.78, 5) is 24.3. The number of carbonyl (C=O) groups is 1. The standard InChI is InChI=1S/C23H31N5O/c1-26-13-15-28(16-14-26)21-7-8-22(24-17-21)25-23(29)20-9-11-27(12-10-20)18-19-5-3-2-4-6-19/h2-8,17,20H,9-16,18H2,1H3,(H,24,25,29). The van der Waals surface area contributed by atoms with Gasteiger partial charge in [0, 0.05) is 38.6 Å². The summed E-state index contributed by atoms with van der Waals surface area (Å²) in [6, 6.07) is 14.5. The second kappa shape index (κ2) is 9.37. The Morgan fingerprint density at radius 3 is 2.38 bits per heavy atom.